The summed E-state index contributed by atoms with van der Waals surface area (Å²) in [5.41, 5.74) is 4.55. The Morgan fingerprint density at radius 1 is 0.951 bits per heavy atom. The van der Waals surface area contributed by atoms with Gasteiger partial charge in [0.2, 0.25) is 0 Å². The predicted molar refractivity (Wildman–Crippen MR) is 164 cm³/mol. The molecular weight excluding hydrogens is 508 g/mol. The summed E-state index contributed by atoms with van der Waals surface area (Å²) in [6.07, 6.45) is 8.33. The zero-order valence-corrected chi connectivity index (χ0v) is 23.8. The van der Waals surface area contributed by atoms with E-state index in [1.165, 1.54) is 24.0 Å². The first-order chi connectivity index (χ1) is 20.1. The molecule has 0 amide bonds. The number of ether oxygens (including phenoxy) is 1. The molecule has 0 radical (unpaired) electrons. The van der Waals surface area contributed by atoms with Gasteiger partial charge in [0.25, 0.3) is 0 Å². The van der Waals surface area contributed by atoms with E-state index in [0.29, 0.717) is 24.6 Å². The SMILES string of the molecule is CCc1ccc2c(c1)C(NC[C@@H](O)[C@H](Cc1ccccc1)Nc1ccnc(-c3ccccc3)n1)CC1(CCCC1)O2. The number of aliphatic hydroxyl groups excluding tert-OH is 1. The van der Waals surface area contributed by atoms with Gasteiger partial charge in [-0.15, -0.1) is 0 Å². The maximum Gasteiger partial charge on any atom is 0.161 e. The van der Waals surface area contributed by atoms with E-state index in [1.54, 1.807) is 6.20 Å². The molecule has 1 fully saturated rings. The first kappa shape index (κ1) is 27.4. The van der Waals surface area contributed by atoms with Crippen LogP contribution in [0, 0.1) is 0 Å². The van der Waals surface area contributed by atoms with Crippen molar-refractivity contribution in [1.82, 2.24) is 15.3 Å². The van der Waals surface area contributed by atoms with E-state index in [4.69, 9.17) is 9.72 Å². The lowest BCUT2D eigenvalue weighted by atomic mass is 9.85. The van der Waals surface area contributed by atoms with Crippen molar-refractivity contribution in [2.24, 2.45) is 0 Å². The fraction of sp³-hybridized carbons (Fsp3) is 0.371. The molecule has 0 bridgehead atoms. The van der Waals surface area contributed by atoms with Crippen LogP contribution >= 0.6 is 0 Å². The Kier molecular flexibility index (Phi) is 8.31. The molecule has 1 aliphatic heterocycles. The number of hydrogen-bond acceptors (Lipinski definition) is 6. The van der Waals surface area contributed by atoms with Gasteiger partial charge >= 0.3 is 0 Å². The second-order valence-electron chi connectivity index (χ2n) is 11.5. The van der Waals surface area contributed by atoms with Crippen LogP contribution in [0.2, 0.25) is 0 Å². The first-order valence-corrected chi connectivity index (χ1v) is 15.0. The van der Waals surface area contributed by atoms with E-state index in [1.807, 2.05) is 54.6 Å². The van der Waals surface area contributed by atoms with Crippen molar-refractivity contribution in [3.05, 3.63) is 108 Å². The standard InChI is InChI=1S/C35H40N4O2/c1-2-25-15-16-32-28(21-25)30(23-35(41-32)18-9-10-19-35)37-24-31(40)29(22-26-11-5-3-6-12-26)38-33-17-20-36-34(39-33)27-13-7-4-8-14-27/h3-8,11-17,20-21,29-31,37,40H,2,9-10,18-19,22-24H2,1H3,(H,36,38,39)/t29-,30?,31+/m0/s1. The number of nitrogens with zero attached hydrogens (tertiary/aromatic N) is 2. The van der Waals surface area contributed by atoms with Gasteiger partial charge in [0.1, 0.15) is 17.2 Å². The molecule has 3 atom stereocenters. The normalized spacial score (nSPS) is 18.8. The van der Waals surface area contributed by atoms with E-state index in [-0.39, 0.29) is 17.7 Å². The Labute approximate surface area is 243 Å². The summed E-state index contributed by atoms with van der Waals surface area (Å²) in [7, 11) is 0. The van der Waals surface area contributed by atoms with Crippen molar-refractivity contribution in [3.63, 3.8) is 0 Å². The molecule has 212 valence electrons. The van der Waals surface area contributed by atoms with Gasteiger partial charge in [0.15, 0.2) is 5.82 Å². The Bertz CT molecular complexity index is 1420. The van der Waals surface area contributed by atoms with Crippen molar-refractivity contribution in [3.8, 4) is 17.1 Å². The van der Waals surface area contributed by atoms with E-state index in [2.05, 4.69) is 52.9 Å². The minimum Gasteiger partial charge on any atom is -0.487 e. The molecule has 3 aromatic carbocycles. The lowest BCUT2D eigenvalue weighted by molar-refractivity contribution is 0.0335. The molecule has 0 saturated heterocycles. The molecule has 4 aromatic rings. The summed E-state index contributed by atoms with van der Waals surface area (Å²) in [6, 6.07) is 28.7. The number of fused-ring (bicyclic) bond motifs is 1. The van der Waals surface area contributed by atoms with Crippen LogP contribution in [0.3, 0.4) is 0 Å². The number of benzene rings is 3. The molecule has 41 heavy (non-hydrogen) atoms. The van der Waals surface area contributed by atoms with Crippen LogP contribution in [0.25, 0.3) is 11.4 Å². The first-order valence-electron chi connectivity index (χ1n) is 15.0. The van der Waals surface area contributed by atoms with Gasteiger partial charge < -0.3 is 20.5 Å². The van der Waals surface area contributed by atoms with Crippen LogP contribution in [0.5, 0.6) is 5.75 Å². The molecule has 6 heteroatoms. The molecule has 6 nitrogen and oxygen atoms in total. The monoisotopic (exact) mass is 548 g/mol. The second kappa shape index (κ2) is 12.4. The summed E-state index contributed by atoms with van der Waals surface area (Å²) in [5.74, 6) is 2.36. The van der Waals surface area contributed by atoms with Crippen LogP contribution in [0.1, 0.15) is 61.8 Å². The van der Waals surface area contributed by atoms with Gasteiger partial charge in [0.05, 0.1) is 12.1 Å². The van der Waals surface area contributed by atoms with E-state index < -0.39 is 6.10 Å². The number of nitrogens with one attached hydrogen (secondary N) is 2. The third-order valence-corrected chi connectivity index (χ3v) is 8.63. The highest BCUT2D eigenvalue weighted by atomic mass is 16.5. The topological polar surface area (TPSA) is 79.3 Å². The minimum absolute atomic E-state index is 0.0974. The number of aryl methyl sites for hydroxylation is 1. The van der Waals surface area contributed by atoms with Crippen LogP contribution in [0.4, 0.5) is 5.82 Å². The summed E-state index contributed by atoms with van der Waals surface area (Å²) in [4.78, 5) is 9.26. The molecule has 2 heterocycles. The molecule has 3 N–H and O–H groups in total. The zero-order valence-electron chi connectivity index (χ0n) is 23.8. The second-order valence-corrected chi connectivity index (χ2v) is 11.5. The lowest BCUT2D eigenvalue weighted by Crippen LogP contribution is -2.47. The van der Waals surface area contributed by atoms with Crippen molar-refractivity contribution < 1.29 is 9.84 Å². The number of rotatable bonds is 10. The third-order valence-electron chi connectivity index (χ3n) is 8.63. The molecule has 1 aliphatic carbocycles. The highest BCUT2D eigenvalue weighted by Gasteiger charge is 2.43. The quantitative estimate of drug-likeness (QED) is 0.210. The zero-order chi connectivity index (χ0) is 28.1. The maximum absolute atomic E-state index is 11.7. The predicted octanol–water partition coefficient (Wildman–Crippen LogP) is 6.52. The number of hydrogen-bond donors (Lipinski definition) is 3. The molecular formula is C35H40N4O2. The molecule has 1 spiro atoms. The van der Waals surface area contributed by atoms with Crippen molar-refractivity contribution in [2.45, 2.75) is 75.7 Å². The Hall–Kier alpha value is -3.74. The van der Waals surface area contributed by atoms with Gasteiger partial charge in [-0.05, 0) is 61.8 Å². The van der Waals surface area contributed by atoms with Crippen molar-refractivity contribution in [2.75, 3.05) is 11.9 Å². The molecule has 1 unspecified atom stereocenters. The molecule has 1 aromatic heterocycles. The smallest absolute Gasteiger partial charge is 0.161 e. The van der Waals surface area contributed by atoms with Crippen molar-refractivity contribution in [1.29, 1.82) is 0 Å². The molecule has 6 rings (SSSR count). The van der Waals surface area contributed by atoms with E-state index >= 15 is 0 Å². The van der Waals surface area contributed by atoms with Gasteiger partial charge in [-0.1, -0.05) is 79.7 Å². The Morgan fingerprint density at radius 2 is 1.71 bits per heavy atom. The average molecular weight is 549 g/mol. The summed E-state index contributed by atoms with van der Waals surface area (Å²) in [6.45, 7) is 2.64. The van der Waals surface area contributed by atoms with E-state index in [9.17, 15) is 5.11 Å². The Balaban J connectivity index is 1.22. The van der Waals surface area contributed by atoms with Crippen LogP contribution in [-0.4, -0.2) is 39.4 Å². The summed E-state index contributed by atoms with van der Waals surface area (Å²) in [5, 5.41) is 19.0. The molecule has 2 aliphatic rings. The van der Waals surface area contributed by atoms with Gasteiger partial charge in [-0.25, -0.2) is 9.97 Å². The maximum atomic E-state index is 11.7. The summed E-state index contributed by atoms with van der Waals surface area (Å²) < 4.78 is 6.64. The van der Waals surface area contributed by atoms with E-state index in [0.717, 1.165) is 42.6 Å². The van der Waals surface area contributed by atoms with Crippen molar-refractivity contribution >= 4 is 5.82 Å². The highest BCUT2D eigenvalue weighted by molar-refractivity contribution is 5.56. The molecule has 1 saturated carbocycles. The minimum atomic E-state index is -0.648. The third kappa shape index (κ3) is 6.45. The Morgan fingerprint density at radius 3 is 2.46 bits per heavy atom. The van der Waals surface area contributed by atoms with Gasteiger partial charge in [-0.2, -0.15) is 0 Å². The average Bonchev–Trinajstić information content (AvgIpc) is 3.47. The fourth-order valence-electron chi connectivity index (χ4n) is 6.36. The van der Waals surface area contributed by atoms with Crippen LogP contribution in [-0.2, 0) is 12.8 Å². The fourth-order valence-corrected chi connectivity index (χ4v) is 6.36. The number of aromatic nitrogens is 2. The number of anilines is 1. The lowest BCUT2D eigenvalue weighted by Gasteiger charge is -2.41. The van der Waals surface area contributed by atoms with Gasteiger partial charge in [-0.3, -0.25) is 0 Å². The van der Waals surface area contributed by atoms with Gasteiger partial charge in [0, 0.05) is 36.3 Å². The highest BCUT2D eigenvalue weighted by Crippen LogP contribution is 2.47. The summed E-state index contributed by atoms with van der Waals surface area (Å²) >= 11 is 0. The van der Waals surface area contributed by atoms with Crippen LogP contribution < -0.4 is 15.4 Å². The number of aliphatic hydroxyl groups is 1. The largest absolute Gasteiger partial charge is 0.487 e. The van der Waals surface area contributed by atoms with Crippen LogP contribution in [0.15, 0.2) is 91.1 Å².